The van der Waals surface area contributed by atoms with Crippen molar-refractivity contribution in [1.82, 2.24) is 10.2 Å². The van der Waals surface area contributed by atoms with Gasteiger partial charge in [0.25, 0.3) is 5.91 Å². The second kappa shape index (κ2) is 5.57. The van der Waals surface area contributed by atoms with E-state index in [-0.39, 0.29) is 21.4 Å². The summed E-state index contributed by atoms with van der Waals surface area (Å²) < 4.78 is 38.2. The largest absolute Gasteiger partial charge is 0.416 e. The first kappa shape index (κ1) is 15.1. The number of aromatic nitrogens is 2. The Morgan fingerprint density at radius 3 is 2.76 bits per heavy atom. The minimum absolute atomic E-state index is 0.0202. The quantitative estimate of drug-likeness (QED) is 0.863. The van der Waals surface area contributed by atoms with Crippen LogP contribution < -0.4 is 5.32 Å². The molecule has 0 saturated heterocycles. The topological polar surface area (TPSA) is 81.6 Å². The predicted octanol–water partition coefficient (Wildman–Crippen LogP) is 3.31. The molecule has 0 spiro atoms. The number of nitrogens with one attached hydrogen (secondary N) is 2. The number of aromatic amines is 1. The summed E-state index contributed by atoms with van der Waals surface area (Å²) >= 11 is 3.02. The third-order valence-corrected chi connectivity index (χ3v) is 3.23. The van der Waals surface area contributed by atoms with Crippen LogP contribution in [-0.4, -0.2) is 16.1 Å². The van der Waals surface area contributed by atoms with Gasteiger partial charge in [0.2, 0.25) is 0 Å². The number of nitrogens with zero attached hydrogens (tertiary/aromatic N) is 2. The molecule has 108 valence electrons. The van der Waals surface area contributed by atoms with Crippen molar-refractivity contribution in [2.24, 2.45) is 0 Å². The van der Waals surface area contributed by atoms with Gasteiger partial charge in [-0.25, -0.2) is 0 Å². The molecule has 0 bridgehead atoms. The number of carbonyl (C=O) groups is 1. The van der Waals surface area contributed by atoms with Crippen molar-refractivity contribution >= 4 is 27.7 Å². The Labute approximate surface area is 124 Å². The normalized spacial score (nSPS) is 11.0. The van der Waals surface area contributed by atoms with E-state index in [9.17, 15) is 18.0 Å². The lowest BCUT2D eigenvalue weighted by molar-refractivity contribution is -0.137. The smallest absolute Gasteiger partial charge is 0.306 e. The van der Waals surface area contributed by atoms with E-state index >= 15 is 0 Å². The molecule has 0 aliphatic heterocycles. The molecule has 5 nitrogen and oxygen atoms in total. The number of amides is 1. The third-order valence-electron chi connectivity index (χ3n) is 2.54. The monoisotopic (exact) mass is 358 g/mol. The molecule has 1 aromatic heterocycles. The van der Waals surface area contributed by atoms with Crippen molar-refractivity contribution in [3.05, 3.63) is 45.6 Å². The molecule has 21 heavy (non-hydrogen) atoms. The number of nitriles is 1. The summed E-state index contributed by atoms with van der Waals surface area (Å²) in [5, 5.41) is 17.0. The van der Waals surface area contributed by atoms with Crippen LogP contribution in [0, 0.1) is 11.3 Å². The maximum absolute atomic E-state index is 12.7. The van der Waals surface area contributed by atoms with Crippen molar-refractivity contribution in [2.45, 2.75) is 6.18 Å². The summed E-state index contributed by atoms with van der Waals surface area (Å²) in [5.74, 6) is -0.777. The van der Waals surface area contributed by atoms with E-state index < -0.39 is 17.6 Å². The fourth-order valence-electron chi connectivity index (χ4n) is 1.52. The second-order valence-corrected chi connectivity index (χ2v) is 4.77. The number of rotatable bonds is 2. The van der Waals surface area contributed by atoms with Crippen molar-refractivity contribution < 1.29 is 18.0 Å². The zero-order valence-corrected chi connectivity index (χ0v) is 11.7. The second-order valence-electron chi connectivity index (χ2n) is 3.92. The van der Waals surface area contributed by atoms with Gasteiger partial charge in [-0.05, 0) is 34.1 Å². The van der Waals surface area contributed by atoms with Gasteiger partial charge in [-0.1, -0.05) is 0 Å². The summed E-state index contributed by atoms with van der Waals surface area (Å²) in [7, 11) is 0. The zero-order valence-electron chi connectivity index (χ0n) is 10.1. The van der Waals surface area contributed by atoms with Crippen LogP contribution in [-0.2, 0) is 6.18 Å². The summed E-state index contributed by atoms with van der Waals surface area (Å²) in [5.41, 5.74) is -1.07. The highest BCUT2D eigenvalue weighted by Crippen LogP contribution is 2.32. The average Bonchev–Trinajstić information content (AvgIpc) is 2.84. The number of hydrogen-bond donors (Lipinski definition) is 2. The molecule has 1 amide bonds. The Morgan fingerprint density at radius 2 is 2.14 bits per heavy atom. The van der Waals surface area contributed by atoms with Gasteiger partial charge in [0, 0.05) is 4.47 Å². The Bertz CT molecular complexity index is 733. The molecule has 0 aliphatic rings. The maximum atomic E-state index is 12.7. The molecule has 9 heteroatoms. The molecular formula is C12H6BrF3N4O. The van der Waals surface area contributed by atoms with Gasteiger partial charge in [0.15, 0.2) is 0 Å². The molecule has 0 atom stereocenters. The van der Waals surface area contributed by atoms with Gasteiger partial charge in [-0.15, -0.1) is 0 Å². The van der Waals surface area contributed by atoms with E-state index in [1.54, 1.807) is 6.07 Å². The maximum Gasteiger partial charge on any atom is 0.416 e. The Hall–Kier alpha value is -2.34. The van der Waals surface area contributed by atoms with Gasteiger partial charge >= 0.3 is 6.18 Å². The zero-order chi connectivity index (χ0) is 15.6. The molecule has 0 fully saturated rings. The van der Waals surface area contributed by atoms with E-state index in [1.165, 1.54) is 6.20 Å². The van der Waals surface area contributed by atoms with Crippen LogP contribution in [0.25, 0.3) is 0 Å². The molecule has 1 heterocycles. The van der Waals surface area contributed by atoms with Gasteiger partial charge in [-0.2, -0.15) is 23.5 Å². The highest BCUT2D eigenvalue weighted by Gasteiger charge is 2.31. The van der Waals surface area contributed by atoms with Crippen LogP contribution in [0.15, 0.2) is 28.9 Å². The van der Waals surface area contributed by atoms with E-state index in [2.05, 4.69) is 31.4 Å². The average molecular weight is 359 g/mol. The number of H-pyrrole nitrogens is 1. The SMILES string of the molecule is N#Cc1cn[nH]c1NC(=O)c1cc(C(F)(F)F)ccc1Br. The highest BCUT2D eigenvalue weighted by molar-refractivity contribution is 9.10. The van der Waals surface area contributed by atoms with E-state index in [4.69, 9.17) is 5.26 Å². The number of hydrogen-bond acceptors (Lipinski definition) is 3. The predicted molar refractivity (Wildman–Crippen MR) is 70.4 cm³/mol. The van der Waals surface area contributed by atoms with Gasteiger partial charge in [0.05, 0.1) is 17.3 Å². The van der Waals surface area contributed by atoms with E-state index in [0.717, 1.165) is 18.2 Å². The first-order valence-electron chi connectivity index (χ1n) is 5.44. The van der Waals surface area contributed by atoms with Crippen molar-refractivity contribution in [1.29, 1.82) is 5.26 Å². The van der Waals surface area contributed by atoms with Crippen molar-refractivity contribution in [3.63, 3.8) is 0 Å². The number of benzene rings is 1. The summed E-state index contributed by atoms with van der Waals surface area (Å²) in [6.07, 6.45) is -3.36. The standard InChI is InChI=1S/C12H6BrF3N4O/c13-9-2-1-7(12(14,15)16)3-8(9)11(21)19-10-6(4-17)5-18-20-10/h1-3,5H,(H2,18,19,20,21). The van der Waals surface area contributed by atoms with Crippen LogP contribution in [0.3, 0.4) is 0 Å². The fourth-order valence-corrected chi connectivity index (χ4v) is 1.95. The van der Waals surface area contributed by atoms with Crippen molar-refractivity contribution in [2.75, 3.05) is 5.32 Å². The van der Waals surface area contributed by atoms with Crippen LogP contribution >= 0.6 is 15.9 Å². The summed E-state index contributed by atoms with van der Waals surface area (Å²) in [4.78, 5) is 12.0. The fraction of sp³-hybridized carbons (Fsp3) is 0.0833. The molecule has 2 N–H and O–H groups in total. The van der Waals surface area contributed by atoms with Crippen LogP contribution in [0.5, 0.6) is 0 Å². The Morgan fingerprint density at radius 1 is 1.43 bits per heavy atom. The van der Waals surface area contributed by atoms with E-state index in [0.29, 0.717) is 0 Å². The molecule has 0 radical (unpaired) electrons. The van der Waals surface area contributed by atoms with Crippen LogP contribution in [0.2, 0.25) is 0 Å². The van der Waals surface area contributed by atoms with Gasteiger partial charge in [0.1, 0.15) is 17.5 Å². The highest BCUT2D eigenvalue weighted by atomic mass is 79.9. The number of anilines is 1. The lowest BCUT2D eigenvalue weighted by atomic mass is 10.1. The molecule has 2 aromatic rings. The third kappa shape index (κ3) is 3.22. The molecule has 0 saturated carbocycles. The van der Waals surface area contributed by atoms with E-state index in [1.807, 2.05) is 0 Å². The first-order chi connectivity index (χ1) is 9.82. The van der Waals surface area contributed by atoms with Gasteiger partial charge < -0.3 is 5.32 Å². The van der Waals surface area contributed by atoms with Gasteiger partial charge in [-0.3, -0.25) is 9.89 Å². The number of halogens is 4. The number of carbonyl (C=O) groups excluding carboxylic acids is 1. The molecule has 1 aromatic carbocycles. The van der Waals surface area contributed by atoms with Crippen LogP contribution in [0.4, 0.5) is 19.0 Å². The van der Waals surface area contributed by atoms with Crippen molar-refractivity contribution in [3.8, 4) is 6.07 Å². The molecule has 2 rings (SSSR count). The summed E-state index contributed by atoms with van der Waals surface area (Å²) in [6, 6.07) is 4.50. The van der Waals surface area contributed by atoms with Crippen LogP contribution in [0.1, 0.15) is 21.5 Å². The minimum Gasteiger partial charge on any atom is -0.306 e. The summed E-state index contributed by atoms with van der Waals surface area (Å²) in [6.45, 7) is 0. The minimum atomic E-state index is -4.55. The Kier molecular flexibility index (Phi) is 3.99. The number of alkyl halides is 3. The Balaban J connectivity index is 2.34. The lowest BCUT2D eigenvalue weighted by Gasteiger charge is -2.10. The first-order valence-corrected chi connectivity index (χ1v) is 6.24. The molecule has 0 aliphatic carbocycles. The lowest BCUT2D eigenvalue weighted by Crippen LogP contribution is -2.15. The molecule has 0 unspecified atom stereocenters. The molecular weight excluding hydrogens is 353 g/mol.